The van der Waals surface area contributed by atoms with Crippen molar-refractivity contribution in [3.63, 3.8) is 0 Å². The van der Waals surface area contributed by atoms with E-state index in [0.29, 0.717) is 0 Å². The molecule has 6 atom stereocenters. The van der Waals surface area contributed by atoms with Crippen LogP contribution in [0, 0.1) is 0 Å². The molecule has 192 valence electrons. The lowest BCUT2D eigenvalue weighted by atomic mass is 10.1. The Labute approximate surface area is 200 Å². The molecule has 0 radical (unpaired) electrons. The first-order chi connectivity index (χ1) is 16.5. The van der Waals surface area contributed by atoms with E-state index >= 15 is 0 Å². The number of aliphatic hydroxyl groups is 1. The first-order valence-corrected chi connectivity index (χ1v) is 12.4. The minimum absolute atomic E-state index is 0.204. The molecule has 0 amide bonds. The summed E-state index contributed by atoms with van der Waals surface area (Å²) in [6, 6.07) is 7.13. The number of carbonyl (C=O) groups is 1. The molecule has 13 nitrogen and oxygen atoms in total. The summed E-state index contributed by atoms with van der Waals surface area (Å²) in [6.45, 7) is 4.32. The molecule has 0 bridgehead atoms. The van der Waals surface area contributed by atoms with Crippen LogP contribution >= 0.6 is 7.75 Å². The number of aliphatic hydroxyl groups excluding tert-OH is 1. The number of ether oxygens (including phenoxy) is 2. The Morgan fingerprint density at radius 2 is 1.94 bits per heavy atom. The van der Waals surface area contributed by atoms with Crippen molar-refractivity contribution in [1.29, 1.82) is 0 Å². The molecule has 1 aromatic carbocycles. The highest BCUT2D eigenvalue weighted by atomic mass is 31.2. The zero-order valence-electron chi connectivity index (χ0n) is 19.4. The van der Waals surface area contributed by atoms with Gasteiger partial charge < -0.3 is 24.8 Å². The summed E-state index contributed by atoms with van der Waals surface area (Å²) in [6.07, 6.45) is -2.74. The second-order valence-electron chi connectivity index (χ2n) is 8.18. The van der Waals surface area contributed by atoms with Crippen molar-refractivity contribution in [2.45, 2.75) is 57.4 Å². The van der Waals surface area contributed by atoms with E-state index in [-0.39, 0.29) is 11.9 Å². The molecule has 1 saturated heterocycles. The molecule has 2 aromatic rings. The average molecular weight is 512 g/mol. The highest BCUT2D eigenvalue weighted by Crippen LogP contribution is 2.45. The quantitative estimate of drug-likeness (QED) is 0.253. The Bertz CT molecular complexity index is 1170. The number of aromatic nitrogens is 2. The van der Waals surface area contributed by atoms with Gasteiger partial charge in [0.25, 0.3) is 5.56 Å². The number of aromatic amines is 1. The van der Waals surface area contributed by atoms with E-state index in [1.54, 1.807) is 44.2 Å². The van der Waals surface area contributed by atoms with Crippen molar-refractivity contribution in [3.8, 4) is 5.75 Å². The monoisotopic (exact) mass is 512 g/mol. The molecule has 5 N–H and O–H groups in total. The van der Waals surface area contributed by atoms with Gasteiger partial charge in [0.05, 0.1) is 18.8 Å². The minimum atomic E-state index is -4.20. The van der Waals surface area contributed by atoms with E-state index in [2.05, 4.69) is 10.1 Å². The van der Waals surface area contributed by atoms with Crippen molar-refractivity contribution in [2.24, 2.45) is 5.73 Å². The molecule has 0 unspecified atom stereocenters. The number of hydrogen-bond acceptors (Lipinski definition) is 10. The Hall–Kier alpha value is -2.80. The van der Waals surface area contributed by atoms with Crippen molar-refractivity contribution < 1.29 is 33.0 Å². The molecule has 1 aromatic heterocycles. The third kappa shape index (κ3) is 6.88. The number of rotatable bonds is 10. The standard InChI is InChI=1S/C21H29N4O9P/c1-12(2)32-20(28)13(3)24-35(30,34-14-7-5-4-6-8-14)31-11-15-18(27)17(22)19(33-15)25-10-9-16(26)23-21(25)29/h4-10,12-13,15,17-19,27H,11,22H2,1-3H3,(H,24,30)(H,23,26,29)/t13-,15-,17-,18-,19-,35-/m1/s1. The van der Waals surface area contributed by atoms with Crippen LogP contribution in [0.2, 0.25) is 0 Å². The average Bonchev–Trinajstić information content (AvgIpc) is 3.06. The second kappa shape index (κ2) is 11.3. The Morgan fingerprint density at radius 1 is 1.26 bits per heavy atom. The van der Waals surface area contributed by atoms with Crippen LogP contribution in [0.15, 0.2) is 52.2 Å². The first-order valence-electron chi connectivity index (χ1n) is 10.9. The lowest BCUT2D eigenvalue weighted by Gasteiger charge is -2.25. The third-order valence-electron chi connectivity index (χ3n) is 4.98. The van der Waals surface area contributed by atoms with E-state index < -0.39 is 62.1 Å². The number of carbonyl (C=O) groups excluding carboxylic acids is 1. The summed E-state index contributed by atoms with van der Waals surface area (Å²) in [7, 11) is -4.20. The molecule has 0 saturated carbocycles. The van der Waals surface area contributed by atoms with Crippen molar-refractivity contribution in [1.82, 2.24) is 14.6 Å². The van der Waals surface area contributed by atoms with E-state index in [4.69, 9.17) is 24.3 Å². The Morgan fingerprint density at radius 3 is 2.57 bits per heavy atom. The number of nitrogens with one attached hydrogen (secondary N) is 2. The molecular weight excluding hydrogens is 483 g/mol. The van der Waals surface area contributed by atoms with Gasteiger partial charge in [0, 0.05) is 12.3 Å². The lowest BCUT2D eigenvalue weighted by molar-refractivity contribution is -0.149. The van der Waals surface area contributed by atoms with Gasteiger partial charge >= 0.3 is 19.4 Å². The van der Waals surface area contributed by atoms with Crippen LogP contribution in [0.3, 0.4) is 0 Å². The second-order valence-corrected chi connectivity index (χ2v) is 9.88. The van der Waals surface area contributed by atoms with Gasteiger partial charge in [0.15, 0.2) is 6.23 Å². The molecule has 1 aliphatic heterocycles. The fourth-order valence-electron chi connectivity index (χ4n) is 3.29. The van der Waals surface area contributed by atoms with E-state index in [9.17, 15) is 24.1 Å². The number of H-pyrrole nitrogens is 1. The summed E-state index contributed by atoms with van der Waals surface area (Å²) in [4.78, 5) is 37.8. The van der Waals surface area contributed by atoms with Crippen LogP contribution in [0.4, 0.5) is 0 Å². The maximum Gasteiger partial charge on any atom is 0.459 e. The molecule has 35 heavy (non-hydrogen) atoms. The fourth-order valence-corrected chi connectivity index (χ4v) is 4.79. The van der Waals surface area contributed by atoms with E-state index in [1.165, 1.54) is 13.1 Å². The highest BCUT2D eigenvalue weighted by Gasteiger charge is 2.44. The summed E-state index contributed by atoms with van der Waals surface area (Å²) in [5.74, 6) is -0.466. The zero-order chi connectivity index (χ0) is 25.8. The van der Waals surface area contributed by atoms with Gasteiger partial charge in [-0.05, 0) is 32.9 Å². The number of benzene rings is 1. The van der Waals surface area contributed by atoms with E-state index in [1.807, 2.05) is 0 Å². The number of nitrogens with two attached hydrogens (primary N) is 1. The van der Waals surface area contributed by atoms with Crippen LogP contribution in [0.25, 0.3) is 0 Å². The SMILES string of the molecule is CC(C)OC(=O)[C@@H](C)N[P@@](=O)(OC[C@H]1O[C@@H](n2ccc(=O)[nH]c2=O)[C@H](N)[C@@H]1O)Oc1ccccc1. The Kier molecular flexibility index (Phi) is 8.65. The largest absolute Gasteiger partial charge is 0.462 e. The van der Waals surface area contributed by atoms with Gasteiger partial charge in [0.2, 0.25) is 0 Å². The normalized spacial score (nSPS) is 24.6. The maximum absolute atomic E-state index is 13.5. The van der Waals surface area contributed by atoms with E-state index in [0.717, 1.165) is 10.6 Å². The van der Waals surface area contributed by atoms with Crippen LogP contribution in [-0.4, -0.2) is 57.6 Å². The highest BCUT2D eigenvalue weighted by molar-refractivity contribution is 7.52. The topological polar surface area (TPSA) is 184 Å². The molecule has 2 heterocycles. The molecule has 1 fully saturated rings. The number of para-hydroxylation sites is 1. The van der Waals surface area contributed by atoms with Gasteiger partial charge in [-0.25, -0.2) is 9.36 Å². The molecule has 14 heteroatoms. The summed E-state index contributed by atoms with van der Waals surface area (Å²) in [5, 5.41) is 13.1. The maximum atomic E-state index is 13.5. The fraction of sp³-hybridized carbons (Fsp3) is 0.476. The molecule has 0 aliphatic carbocycles. The van der Waals surface area contributed by atoms with Gasteiger partial charge in [-0.1, -0.05) is 18.2 Å². The van der Waals surface area contributed by atoms with Gasteiger partial charge in [-0.3, -0.25) is 23.7 Å². The van der Waals surface area contributed by atoms with Crippen molar-refractivity contribution >= 4 is 13.7 Å². The van der Waals surface area contributed by atoms with Crippen LogP contribution in [-0.2, 0) is 23.4 Å². The first kappa shape index (κ1) is 26.8. The molecule has 3 rings (SSSR count). The number of esters is 1. The summed E-state index contributed by atoms with van der Waals surface area (Å²) >= 11 is 0. The van der Waals surface area contributed by atoms with Crippen LogP contribution in [0.1, 0.15) is 27.0 Å². The summed E-state index contributed by atoms with van der Waals surface area (Å²) < 4.78 is 36.5. The van der Waals surface area contributed by atoms with Gasteiger partial charge in [0.1, 0.15) is 24.0 Å². The van der Waals surface area contributed by atoms with Crippen LogP contribution in [0.5, 0.6) is 5.75 Å². The van der Waals surface area contributed by atoms with Crippen molar-refractivity contribution in [2.75, 3.05) is 6.61 Å². The molecular formula is C21H29N4O9P. The van der Waals surface area contributed by atoms with Crippen LogP contribution < -0.4 is 26.6 Å². The Balaban J connectivity index is 1.75. The molecule has 1 aliphatic rings. The van der Waals surface area contributed by atoms with Crippen molar-refractivity contribution in [3.05, 3.63) is 63.4 Å². The predicted octanol–water partition coefficient (Wildman–Crippen LogP) is 0.256. The molecule has 0 spiro atoms. The zero-order valence-corrected chi connectivity index (χ0v) is 20.3. The third-order valence-corrected chi connectivity index (χ3v) is 6.62. The minimum Gasteiger partial charge on any atom is -0.462 e. The number of nitrogens with zero attached hydrogens (tertiary/aromatic N) is 1. The summed E-state index contributed by atoms with van der Waals surface area (Å²) in [5.41, 5.74) is 4.64. The van der Waals surface area contributed by atoms with Gasteiger partial charge in [-0.15, -0.1) is 0 Å². The predicted molar refractivity (Wildman–Crippen MR) is 124 cm³/mol. The smallest absolute Gasteiger partial charge is 0.459 e. The van der Waals surface area contributed by atoms with Gasteiger partial charge in [-0.2, -0.15) is 5.09 Å². The lowest BCUT2D eigenvalue weighted by Crippen LogP contribution is -2.43. The number of hydrogen-bond donors (Lipinski definition) is 4.